The van der Waals surface area contributed by atoms with Crippen molar-refractivity contribution >= 4 is 15.9 Å². The van der Waals surface area contributed by atoms with Gasteiger partial charge >= 0.3 is 0 Å². The van der Waals surface area contributed by atoms with Crippen LogP contribution in [0.1, 0.15) is 12.6 Å². The molecule has 0 fully saturated rings. The van der Waals surface area contributed by atoms with E-state index < -0.39 is 0 Å². The number of rotatable bonds is 2. The van der Waals surface area contributed by atoms with Crippen LogP contribution in [-0.2, 0) is 13.5 Å². The topological polar surface area (TPSA) is 56.7 Å². The van der Waals surface area contributed by atoms with Gasteiger partial charge in [0, 0.05) is 7.05 Å². The number of halogens is 1. The third-order valence-corrected chi connectivity index (χ3v) is 2.24. The van der Waals surface area contributed by atoms with E-state index >= 15 is 0 Å². The van der Waals surface area contributed by atoms with Crippen LogP contribution in [0.4, 0.5) is 0 Å². The molecule has 0 N–H and O–H groups in total. The summed E-state index contributed by atoms with van der Waals surface area (Å²) in [5, 5.41) is 7.95. The van der Waals surface area contributed by atoms with Crippen LogP contribution in [0.25, 0.3) is 11.6 Å². The molecule has 2 rings (SSSR count). The van der Waals surface area contributed by atoms with Gasteiger partial charge in [-0.1, -0.05) is 6.92 Å². The molecule has 0 spiro atoms. The van der Waals surface area contributed by atoms with Crippen molar-refractivity contribution in [1.29, 1.82) is 0 Å². The quantitative estimate of drug-likeness (QED) is 0.823. The molecule has 0 amide bonds. The Kier molecular flexibility index (Phi) is 2.37. The van der Waals surface area contributed by atoms with E-state index in [-0.39, 0.29) is 0 Å². The molecule has 74 valence electrons. The van der Waals surface area contributed by atoms with Crippen LogP contribution < -0.4 is 0 Å². The highest BCUT2D eigenvalue weighted by Gasteiger charge is 2.12. The molecule has 0 aliphatic heterocycles. The Labute approximate surface area is 89.2 Å². The Morgan fingerprint density at radius 2 is 2.36 bits per heavy atom. The normalized spacial score (nSPS) is 10.8. The van der Waals surface area contributed by atoms with Gasteiger partial charge in [0.05, 0.1) is 5.69 Å². The van der Waals surface area contributed by atoms with Gasteiger partial charge in [0.1, 0.15) is 5.69 Å². The molecule has 0 aliphatic carbocycles. The lowest BCUT2D eigenvalue weighted by Gasteiger charge is -1.92. The van der Waals surface area contributed by atoms with Crippen molar-refractivity contribution in [2.75, 3.05) is 0 Å². The van der Waals surface area contributed by atoms with Gasteiger partial charge in [-0.25, -0.2) is 0 Å². The van der Waals surface area contributed by atoms with Gasteiger partial charge in [-0.15, -0.1) is 0 Å². The van der Waals surface area contributed by atoms with E-state index in [9.17, 15) is 0 Å². The number of aromatic nitrogens is 4. The molecular formula is C8H9BrN4O. The average molecular weight is 257 g/mol. The Morgan fingerprint density at radius 3 is 2.86 bits per heavy atom. The fraction of sp³-hybridized carbons (Fsp3) is 0.375. The summed E-state index contributed by atoms with van der Waals surface area (Å²) in [6.45, 7) is 2.05. The average Bonchev–Trinajstić information content (AvgIpc) is 2.71. The molecule has 0 radical (unpaired) electrons. The predicted molar refractivity (Wildman–Crippen MR) is 53.6 cm³/mol. The van der Waals surface area contributed by atoms with E-state index in [1.807, 2.05) is 13.1 Å². The maximum absolute atomic E-state index is 5.02. The first-order valence-corrected chi connectivity index (χ1v) is 5.02. The minimum Gasteiger partial charge on any atom is -0.331 e. The summed E-state index contributed by atoms with van der Waals surface area (Å²) in [7, 11) is 1.85. The molecule has 0 unspecified atom stereocenters. The molecule has 2 aromatic rings. The fourth-order valence-electron chi connectivity index (χ4n) is 1.21. The molecule has 0 saturated heterocycles. The summed E-state index contributed by atoms with van der Waals surface area (Å²) in [5.74, 6) is 0.478. The first kappa shape index (κ1) is 9.39. The SMILES string of the molecule is CCc1cc(-c2nc(Br)no2)n(C)n1. The van der Waals surface area contributed by atoms with Crippen molar-refractivity contribution < 1.29 is 4.52 Å². The molecule has 0 bridgehead atoms. The van der Waals surface area contributed by atoms with Crippen LogP contribution in [0.2, 0.25) is 0 Å². The molecule has 5 nitrogen and oxygen atoms in total. The van der Waals surface area contributed by atoms with Crippen LogP contribution in [0.5, 0.6) is 0 Å². The zero-order chi connectivity index (χ0) is 10.1. The lowest BCUT2D eigenvalue weighted by atomic mass is 10.3. The second kappa shape index (κ2) is 3.53. The molecular weight excluding hydrogens is 248 g/mol. The van der Waals surface area contributed by atoms with Gasteiger partial charge in [-0.05, 0) is 33.6 Å². The summed E-state index contributed by atoms with van der Waals surface area (Å²) < 4.78 is 7.21. The number of hydrogen-bond acceptors (Lipinski definition) is 4. The van der Waals surface area contributed by atoms with E-state index in [0.717, 1.165) is 17.8 Å². The molecule has 14 heavy (non-hydrogen) atoms. The molecule has 0 atom stereocenters. The van der Waals surface area contributed by atoms with E-state index in [1.54, 1.807) is 4.68 Å². The van der Waals surface area contributed by atoms with Crippen molar-refractivity contribution in [2.24, 2.45) is 7.05 Å². The van der Waals surface area contributed by atoms with Crippen LogP contribution in [0, 0.1) is 0 Å². The lowest BCUT2D eigenvalue weighted by molar-refractivity contribution is 0.423. The Balaban J connectivity index is 2.45. The number of hydrogen-bond donors (Lipinski definition) is 0. The van der Waals surface area contributed by atoms with E-state index in [2.05, 4.69) is 38.1 Å². The third kappa shape index (κ3) is 1.57. The van der Waals surface area contributed by atoms with E-state index in [1.165, 1.54) is 0 Å². The molecule has 6 heteroatoms. The zero-order valence-electron chi connectivity index (χ0n) is 7.86. The third-order valence-electron chi connectivity index (χ3n) is 1.91. The van der Waals surface area contributed by atoms with Crippen molar-refractivity contribution in [2.45, 2.75) is 13.3 Å². The monoisotopic (exact) mass is 256 g/mol. The predicted octanol–water partition coefficient (Wildman–Crippen LogP) is 1.79. The lowest BCUT2D eigenvalue weighted by Crippen LogP contribution is -1.94. The first-order chi connectivity index (χ1) is 6.70. The summed E-state index contributed by atoms with van der Waals surface area (Å²) in [6, 6.07) is 1.94. The summed E-state index contributed by atoms with van der Waals surface area (Å²) >= 11 is 3.13. The summed E-state index contributed by atoms with van der Waals surface area (Å²) in [4.78, 5) is 4.07. The maximum atomic E-state index is 5.02. The van der Waals surface area contributed by atoms with Crippen molar-refractivity contribution in [3.63, 3.8) is 0 Å². The largest absolute Gasteiger partial charge is 0.331 e. The van der Waals surface area contributed by atoms with Gasteiger partial charge in [-0.2, -0.15) is 10.1 Å². The minimum absolute atomic E-state index is 0.451. The van der Waals surface area contributed by atoms with Crippen molar-refractivity contribution in [1.82, 2.24) is 19.9 Å². The second-order valence-corrected chi connectivity index (χ2v) is 3.58. The highest BCUT2D eigenvalue weighted by molar-refractivity contribution is 9.10. The van der Waals surface area contributed by atoms with Crippen LogP contribution in [0.15, 0.2) is 15.3 Å². The van der Waals surface area contributed by atoms with Gasteiger partial charge in [0.2, 0.25) is 4.73 Å². The Morgan fingerprint density at radius 1 is 1.57 bits per heavy atom. The van der Waals surface area contributed by atoms with Crippen LogP contribution in [0.3, 0.4) is 0 Å². The minimum atomic E-state index is 0.451. The van der Waals surface area contributed by atoms with Gasteiger partial charge in [0.25, 0.3) is 5.89 Å². The summed E-state index contributed by atoms with van der Waals surface area (Å²) in [5.41, 5.74) is 1.84. The molecule has 0 aromatic carbocycles. The Hall–Kier alpha value is -1.17. The van der Waals surface area contributed by atoms with Gasteiger partial charge in [0.15, 0.2) is 0 Å². The number of aryl methyl sites for hydroxylation is 2. The van der Waals surface area contributed by atoms with Crippen molar-refractivity contribution in [3.8, 4) is 11.6 Å². The highest BCUT2D eigenvalue weighted by Crippen LogP contribution is 2.19. The van der Waals surface area contributed by atoms with E-state index in [4.69, 9.17) is 4.52 Å². The smallest absolute Gasteiger partial charge is 0.276 e. The molecule has 0 saturated carbocycles. The van der Waals surface area contributed by atoms with Crippen molar-refractivity contribution in [3.05, 3.63) is 16.5 Å². The van der Waals surface area contributed by atoms with E-state index in [0.29, 0.717) is 10.6 Å². The highest BCUT2D eigenvalue weighted by atomic mass is 79.9. The molecule has 2 heterocycles. The Bertz CT molecular complexity index is 448. The first-order valence-electron chi connectivity index (χ1n) is 4.23. The zero-order valence-corrected chi connectivity index (χ0v) is 9.45. The molecule has 0 aliphatic rings. The maximum Gasteiger partial charge on any atom is 0.276 e. The standard InChI is InChI=1S/C8H9BrN4O/c1-3-5-4-6(13(2)11-5)7-10-8(9)12-14-7/h4H,3H2,1-2H3. The molecule has 2 aromatic heterocycles. The fourth-order valence-corrected chi connectivity index (χ4v) is 1.44. The summed E-state index contributed by atoms with van der Waals surface area (Å²) in [6.07, 6.45) is 0.892. The van der Waals surface area contributed by atoms with Crippen LogP contribution >= 0.6 is 15.9 Å². The van der Waals surface area contributed by atoms with Gasteiger partial charge in [-0.3, -0.25) is 4.68 Å². The van der Waals surface area contributed by atoms with Crippen LogP contribution in [-0.4, -0.2) is 19.9 Å². The van der Waals surface area contributed by atoms with Gasteiger partial charge < -0.3 is 4.52 Å². The number of nitrogens with zero attached hydrogens (tertiary/aromatic N) is 4. The second-order valence-electron chi connectivity index (χ2n) is 2.87.